The van der Waals surface area contributed by atoms with Crippen molar-refractivity contribution >= 4 is 28.6 Å². The molecule has 76 valence electrons. The summed E-state index contributed by atoms with van der Waals surface area (Å²) in [5.41, 5.74) is 3.66. The van der Waals surface area contributed by atoms with Crippen LogP contribution in [-0.4, -0.2) is 0 Å². The molecule has 0 fully saturated rings. The van der Waals surface area contributed by atoms with Crippen LogP contribution in [0.4, 0.5) is 0 Å². The third-order valence-electron chi connectivity index (χ3n) is 2.41. The van der Waals surface area contributed by atoms with Gasteiger partial charge in [0, 0.05) is 14.9 Å². The van der Waals surface area contributed by atoms with Gasteiger partial charge in [0.25, 0.3) is 0 Å². The molecule has 0 aliphatic rings. The lowest BCUT2D eigenvalue weighted by Gasteiger charge is -2.10. The second-order valence-corrected chi connectivity index (χ2v) is 4.79. The van der Waals surface area contributed by atoms with E-state index in [1.165, 1.54) is 16.7 Å². The maximum absolute atomic E-state index is 4.50. The van der Waals surface area contributed by atoms with Gasteiger partial charge in [-0.15, -0.1) is 12.6 Å². The lowest BCUT2D eigenvalue weighted by Crippen LogP contribution is -1.85. The third kappa shape index (κ3) is 2.11. The molecule has 15 heavy (non-hydrogen) atoms. The molecule has 0 N–H and O–H groups in total. The van der Waals surface area contributed by atoms with Crippen molar-refractivity contribution < 1.29 is 0 Å². The van der Waals surface area contributed by atoms with Crippen LogP contribution in [0.3, 0.4) is 0 Å². The lowest BCUT2D eigenvalue weighted by atomic mass is 10.0. The van der Waals surface area contributed by atoms with Gasteiger partial charge >= 0.3 is 0 Å². The van der Waals surface area contributed by atoms with Crippen molar-refractivity contribution in [2.45, 2.75) is 11.8 Å². The Bertz CT molecular complexity index is 471. The van der Waals surface area contributed by atoms with E-state index in [0.717, 1.165) is 9.37 Å². The first-order valence-electron chi connectivity index (χ1n) is 4.73. The number of benzene rings is 2. The molecule has 2 heteroatoms. The van der Waals surface area contributed by atoms with Crippen molar-refractivity contribution in [2.75, 3.05) is 0 Å². The summed E-state index contributed by atoms with van der Waals surface area (Å²) in [5, 5.41) is 0. The van der Waals surface area contributed by atoms with Crippen LogP contribution in [0.5, 0.6) is 0 Å². The number of rotatable bonds is 1. The SMILES string of the molecule is Cc1ccccc1-c1c(S)cccc1Br. The maximum Gasteiger partial charge on any atom is 0.0265 e. The molecule has 0 aliphatic heterocycles. The highest BCUT2D eigenvalue weighted by Gasteiger charge is 2.08. The minimum absolute atomic E-state index is 0.999. The van der Waals surface area contributed by atoms with Crippen molar-refractivity contribution in [1.82, 2.24) is 0 Å². The van der Waals surface area contributed by atoms with Gasteiger partial charge in [-0.25, -0.2) is 0 Å². The topological polar surface area (TPSA) is 0 Å². The van der Waals surface area contributed by atoms with Gasteiger partial charge in [-0.05, 0) is 30.2 Å². The summed E-state index contributed by atoms with van der Waals surface area (Å²) in [4.78, 5) is 0.999. The summed E-state index contributed by atoms with van der Waals surface area (Å²) in [5.74, 6) is 0. The molecule has 0 nitrogen and oxygen atoms in total. The Morgan fingerprint density at radius 3 is 2.40 bits per heavy atom. The molecule has 0 saturated carbocycles. The van der Waals surface area contributed by atoms with Gasteiger partial charge < -0.3 is 0 Å². The minimum Gasteiger partial charge on any atom is -0.143 e. The Kier molecular flexibility index (Phi) is 3.17. The molecule has 0 heterocycles. The van der Waals surface area contributed by atoms with Gasteiger partial charge in [-0.2, -0.15) is 0 Å². The van der Waals surface area contributed by atoms with E-state index in [4.69, 9.17) is 0 Å². The predicted molar refractivity (Wildman–Crippen MR) is 71.6 cm³/mol. The monoisotopic (exact) mass is 278 g/mol. The van der Waals surface area contributed by atoms with Crippen LogP contribution >= 0.6 is 28.6 Å². The highest BCUT2D eigenvalue weighted by molar-refractivity contribution is 9.10. The molecule has 0 radical (unpaired) electrons. The smallest absolute Gasteiger partial charge is 0.0265 e. The number of aryl methyl sites for hydroxylation is 1. The number of halogens is 1. The summed E-state index contributed by atoms with van der Waals surface area (Å²) in [7, 11) is 0. The van der Waals surface area contributed by atoms with E-state index < -0.39 is 0 Å². The second kappa shape index (κ2) is 4.42. The molecule has 0 amide bonds. The number of hydrogen-bond donors (Lipinski definition) is 1. The van der Waals surface area contributed by atoms with E-state index in [0.29, 0.717) is 0 Å². The van der Waals surface area contributed by atoms with Crippen LogP contribution in [0, 0.1) is 6.92 Å². The first-order chi connectivity index (χ1) is 7.20. The van der Waals surface area contributed by atoms with Gasteiger partial charge in [0.1, 0.15) is 0 Å². The molecule has 0 bridgehead atoms. The van der Waals surface area contributed by atoms with E-state index in [9.17, 15) is 0 Å². The molecule has 0 unspecified atom stereocenters. The molecular formula is C13H11BrS. The molecule has 0 saturated heterocycles. The Morgan fingerprint density at radius 1 is 1.00 bits per heavy atom. The minimum atomic E-state index is 0.999. The van der Waals surface area contributed by atoms with Crippen LogP contribution in [0.1, 0.15) is 5.56 Å². The normalized spacial score (nSPS) is 10.3. The van der Waals surface area contributed by atoms with Crippen LogP contribution in [0.15, 0.2) is 51.8 Å². The van der Waals surface area contributed by atoms with Crippen molar-refractivity contribution in [1.29, 1.82) is 0 Å². The zero-order valence-corrected chi connectivity index (χ0v) is 10.8. The fourth-order valence-corrected chi connectivity index (χ4v) is 2.69. The first kappa shape index (κ1) is 10.8. The zero-order chi connectivity index (χ0) is 10.8. The highest BCUT2D eigenvalue weighted by Crippen LogP contribution is 2.35. The van der Waals surface area contributed by atoms with Gasteiger partial charge in [0.15, 0.2) is 0 Å². The molecule has 2 rings (SSSR count). The molecule has 2 aromatic rings. The van der Waals surface area contributed by atoms with Crippen LogP contribution < -0.4 is 0 Å². The van der Waals surface area contributed by atoms with Gasteiger partial charge in [-0.3, -0.25) is 0 Å². The number of hydrogen-bond acceptors (Lipinski definition) is 1. The maximum atomic E-state index is 4.50. The van der Waals surface area contributed by atoms with Crippen LogP contribution in [-0.2, 0) is 0 Å². The van der Waals surface area contributed by atoms with Gasteiger partial charge in [-0.1, -0.05) is 46.3 Å². The van der Waals surface area contributed by atoms with Crippen molar-refractivity contribution in [3.8, 4) is 11.1 Å². The van der Waals surface area contributed by atoms with E-state index in [1.807, 2.05) is 24.3 Å². The van der Waals surface area contributed by atoms with E-state index >= 15 is 0 Å². The Balaban J connectivity index is 2.69. The summed E-state index contributed by atoms with van der Waals surface area (Å²) in [6.07, 6.45) is 0. The van der Waals surface area contributed by atoms with Crippen molar-refractivity contribution in [3.05, 3.63) is 52.5 Å². The number of thiol groups is 1. The molecule has 0 aromatic heterocycles. The molecular weight excluding hydrogens is 268 g/mol. The van der Waals surface area contributed by atoms with Gasteiger partial charge in [0.2, 0.25) is 0 Å². The predicted octanol–water partition coefficient (Wildman–Crippen LogP) is 4.71. The van der Waals surface area contributed by atoms with Gasteiger partial charge in [0.05, 0.1) is 0 Å². The largest absolute Gasteiger partial charge is 0.143 e. The lowest BCUT2D eigenvalue weighted by molar-refractivity contribution is 1.38. The van der Waals surface area contributed by atoms with E-state index in [-0.39, 0.29) is 0 Å². The third-order valence-corrected chi connectivity index (χ3v) is 3.44. The Hall–Kier alpha value is -0.730. The average molecular weight is 279 g/mol. The fourth-order valence-electron chi connectivity index (χ4n) is 1.63. The zero-order valence-electron chi connectivity index (χ0n) is 8.37. The molecule has 0 atom stereocenters. The van der Waals surface area contributed by atoms with Crippen LogP contribution in [0.25, 0.3) is 11.1 Å². The Labute approximate surface area is 104 Å². The average Bonchev–Trinajstić information content (AvgIpc) is 2.20. The molecule has 2 aromatic carbocycles. The summed E-state index contributed by atoms with van der Waals surface area (Å²) in [6, 6.07) is 14.4. The molecule has 0 spiro atoms. The quantitative estimate of drug-likeness (QED) is 0.718. The second-order valence-electron chi connectivity index (χ2n) is 3.45. The standard InChI is InChI=1S/C13H11BrS/c1-9-5-2-3-6-10(9)13-11(14)7-4-8-12(13)15/h2-8,15H,1H3. The van der Waals surface area contributed by atoms with E-state index in [2.05, 4.69) is 53.7 Å². The Morgan fingerprint density at radius 2 is 1.73 bits per heavy atom. The summed E-state index contributed by atoms with van der Waals surface area (Å²) in [6.45, 7) is 2.11. The molecule has 0 aliphatic carbocycles. The summed E-state index contributed by atoms with van der Waals surface area (Å²) < 4.78 is 1.09. The summed E-state index contributed by atoms with van der Waals surface area (Å²) >= 11 is 8.07. The first-order valence-corrected chi connectivity index (χ1v) is 5.97. The van der Waals surface area contributed by atoms with Crippen molar-refractivity contribution in [2.24, 2.45) is 0 Å². The van der Waals surface area contributed by atoms with E-state index in [1.54, 1.807) is 0 Å². The highest BCUT2D eigenvalue weighted by atomic mass is 79.9. The van der Waals surface area contributed by atoms with Crippen molar-refractivity contribution in [3.63, 3.8) is 0 Å². The fraction of sp³-hybridized carbons (Fsp3) is 0.0769. The van der Waals surface area contributed by atoms with Crippen LogP contribution in [0.2, 0.25) is 0 Å².